The van der Waals surface area contributed by atoms with E-state index in [2.05, 4.69) is 30.2 Å². The first-order chi connectivity index (χ1) is 6.75. The van der Waals surface area contributed by atoms with Crippen LogP contribution < -0.4 is 5.46 Å². The minimum Gasteiger partial charge on any atom is -0.315 e. The predicted octanol–water partition coefficient (Wildman–Crippen LogP) is 1.29. The van der Waals surface area contributed by atoms with Crippen molar-refractivity contribution in [1.29, 1.82) is 0 Å². The van der Waals surface area contributed by atoms with E-state index in [1.165, 1.54) is 5.46 Å². The number of rotatable bonds is 2. The maximum absolute atomic E-state index is 4.37. The van der Waals surface area contributed by atoms with Gasteiger partial charge in [-0.25, -0.2) is 0 Å². The van der Waals surface area contributed by atoms with Gasteiger partial charge < -0.3 is 4.59 Å². The molecule has 0 aliphatic heterocycles. The molecule has 1 heterocycles. The molecule has 0 saturated carbocycles. The largest absolute Gasteiger partial charge is 0.316 e. The Morgan fingerprint density at radius 2 is 1.86 bits per heavy atom. The van der Waals surface area contributed by atoms with Gasteiger partial charge in [-0.15, -0.1) is 0 Å². The molecule has 0 saturated heterocycles. The Hall–Kier alpha value is -1.51. The Labute approximate surface area is 84.8 Å². The third-order valence-corrected chi connectivity index (χ3v) is 2.12. The molecule has 2 nitrogen and oxygen atoms in total. The fourth-order valence-electron chi connectivity index (χ4n) is 1.46. The van der Waals surface area contributed by atoms with Gasteiger partial charge in [-0.3, -0.25) is 0 Å². The Kier molecular flexibility index (Phi) is 2.40. The molecule has 3 heteroatoms. The second kappa shape index (κ2) is 3.70. The zero-order valence-electron chi connectivity index (χ0n) is 8.44. The van der Waals surface area contributed by atoms with E-state index in [9.17, 15) is 0 Å². The Morgan fingerprint density at radius 3 is 2.43 bits per heavy atom. The van der Waals surface area contributed by atoms with Crippen LogP contribution in [0.2, 0.25) is 0 Å². The number of nitrogens with zero attached hydrogens (tertiary/aromatic N) is 2. The van der Waals surface area contributed by atoms with Crippen molar-refractivity contribution in [3.05, 3.63) is 47.8 Å². The van der Waals surface area contributed by atoms with E-state index in [1.807, 2.05) is 37.1 Å². The molecular weight excluding hydrogens is 171 g/mol. The summed E-state index contributed by atoms with van der Waals surface area (Å²) < 4.78 is 1.91. The summed E-state index contributed by atoms with van der Waals surface area (Å²) in [6.45, 7) is 4.06. The van der Waals surface area contributed by atoms with Crippen LogP contribution in [0.4, 0.5) is 0 Å². The molecule has 0 unspecified atom stereocenters. The van der Waals surface area contributed by atoms with E-state index in [0.717, 1.165) is 11.4 Å². The summed E-state index contributed by atoms with van der Waals surface area (Å²) in [6.07, 6.45) is 0. The van der Waals surface area contributed by atoms with Gasteiger partial charge in [-0.05, 0) is 19.9 Å². The van der Waals surface area contributed by atoms with E-state index in [0.29, 0.717) is 0 Å². The summed E-state index contributed by atoms with van der Waals surface area (Å²) in [4.78, 5) is 0. The molecule has 1 aromatic carbocycles. The molecule has 69 valence electrons. The molecule has 0 amide bonds. The first-order valence-electron chi connectivity index (χ1n) is 4.68. The normalized spacial score (nSPS) is 10.1. The lowest BCUT2D eigenvalue weighted by Gasteiger charge is -2.01. The van der Waals surface area contributed by atoms with Crippen LogP contribution in [-0.4, -0.2) is 17.1 Å². The molecule has 2 aromatic rings. The molecule has 0 spiro atoms. The average Bonchev–Trinajstić information content (AvgIpc) is 2.47. The Balaban J connectivity index is 2.23. The van der Waals surface area contributed by atoms with Crippen LogP contribution in [0, 0.1) is 13.8 Å². The number of hydrogen-bond acceptors (Lipinski definition) is 1. The highest BCUT2D eigenvalue weighted by molar-refractivity contribution is 6.51. The smallest absolute Gasteiger partial charge is 0.315 e. The number of aryl methyl sites for hydroxylation is 2. The van der Waals surface area contributed by atoms with Crippen molar-refractivity contribution in [2.75, 3.05) is 0 Å². The van der Waals surface area contributed by atoms with Crippen LogP contribution in [0.25, 0.3) is 0 Å². The zero-order chi connectivity index (χ0) is 9.97. The van der Waals surface area contributed by atoms with Gasteiger partial charge in [0.05, 0.1) is 5.69 Å². The quantitative estimate of drug-likeness (QED) is 0.641. The lowest BCUT2D eigenvalue weighted by molar-refractivity contribution is 0.921. The lowest BCUT2D eigenvalue weighted by atomic mass is 9.83. The molecule has 0 N–H and O–H groups in total. The minimum absolute atomic E-state index is 1.05. The van der Waals surface area contributed by atoms with E-state index in [4.69, 9.17) is 0 Å². The standard InChI is InChI=1S/C11H12BN2/c1-9-8-10(2)14(13-9)12-11-6-4-3-5-7-11/h3-8H,1-2H3. The summed E-state index contributed by atoms with van der Waals surface area (Å²) in [5.74, 6) is 0. The van der Waals surface area contributed by atoms with Crippen LogP contribution in [0.3, 0.4) is 0 Å². The van der Waals surface area contributed by atoms with E-state index in [1.54, 1.807) is 0 Å². The second-order valence-corrected chi connectivity index (χ2v) is 3.41. The van der Waals surface area contributed by atoms with E-state index < -0.39 is 0 Å². The van der Waals surface area contributed by atoms with Crippen LogP contribution in [0.15, 0.2) is 36.4 Å². The van der Waals surface area contributed by atoms with Gasteiger partial charge in [-0.2, -0.15) is 5.10 Å². The van der Waals surface area contributed by atoms with Crippen LogP contribution in [0.1, 0.15) is 11.4 Å². The zero-order valence-corrected chi connectivity index (χ0v) is 8.44. The van der Waals surface area contributed by atoms with Gasteiger partial charge in [0, 0.05) is 5.69 Å². The van der Waals surface area contributed by atoms with Gasteiger partial charge >= 0.3 is 7.41 Å². The van der Waals surface area contributed by atoms with Crippen LogP contribution >= 0.6 is 0 Å². The first-order valence-corrected chi connectivity index (χ1v) is 4.68. The van der Waals surface area contributed by atoms with Gasteiger partial charge in [-0.1, -0.05) is 35.8 Å². The third-order valence-electron chi connectivity index (χ3n) is 2.12. The molecule has 0 atom stereocenters. The molecule has 0 bridgehead atoms. The highest BCUT2D eigenvalue weighted by Gasteiger charge is 2.03. The van der Waals surface area contributed by atoms with E-state index >= 15 is 0 Å². The summed E-state index contributed by atoms with van der Waals surface area (Å²) >= 11 is 0. The summed E-state index contributed by atoms with van der Waals surface area (Å²) in [5, 5.41) is 4.37. The minimum atomic E-state index is 1.05. The molecule has 0 fully saturated rings. The van der Waals surface area contributed by atoms with Crippen molar-refractivity contribution in [3.8, 4) is 0 Å². The molecule has 2 rings (SSSR count). The number of hydrogen-bond donors (Lipinski definition) is 0. The SMILES string of the molecule is Cc1cc(C)n([B]c2ccccc2)n1. The van der Waals surface area contributed by atoms with E-state index in [-0.39, 0.29) is 0 Å². The van der Waals surface area contributed by atoms with Crippen LogP contribution in [0.5, 0.6) is 0 Å². The molecule has 1 aromatic heterocycles. The molecule has 14 heavy (non-hydrogen) atoms. The van der Waals surface area contributed by atoms with Gasteiger partial charge in [0.25, 0.3) is 0 Å². The molecular formula is C11H12BN2. The van der Waals surface area contributed by atoms with Crippen molar-refractivity contribution < 1.29 is 0 Å². The van der Waals surface area contributed by atoms with Gasteiger partial charge in [0.1, 0.15) is 0 Å². The maximum Gasteiger partial charge on any atom is 0.316 e. The van der Waals surface area contributed by atoms with Crippen molar-refractivity contribution in [1.82, 2.24) is 9.69 Å². The van der Waals surface area contributed by atoms with Gasteiger partial charge in [0.2, 0.25) is 0 Å². The molecule has 1 radical (unpaired) electrons. The predicted molar refractivity (Wildman–Crippen MR) is 58.9 cm³/mol. The summed E-state index contributed by atoms with van der Waals surface area (Å²) in [5.41, 5.74) is 3.37. The highest BCUT2D eigenvalue weighted by atomic mass is 15.2. The Bertz CT molecular complexity index is 420. The number of benzene rings is 1. The highest BCUT2D eigenvalue weighted by Crippen LogP contribution is 1.99. The van der Waals surface area contributed by atoms with Crippen molar-refractivity contribution >= 4 is 12.9 Å². The summed E-state index contributed by atoms with van der Waals surface area (Å²) in [6, 6.07) is 12.3. The maximum atomic E-state index is 4.37. The average molecular weight is 183 g/mol. The Morgan fingerprint density at radius 1 is 1.14 bits per heavy atom. The fourth-order valence-corrected chi connectivity index (χ4v) is 1.46. The third kappa shape index (κ3) is 1.87. The second-order valence-electron chi connectivity index (χ2n) is 3.41. The van der Waals surface area contributed by atoms with Gasteiger partial charge in [0.15, 0.2) is 0 Å². The molecule has 0 aliphatic rings. The van der Waals surface area contributed by atoms with Crippen molar-refractivity contribution in [2.24, 2.45) is 0 Å². The number of aromatic nitrogens is 2. The van der Waals surface area contributed by atoms with Crippen molar-refractivity contribution in [3.63, 3.8) is 0 Å². The monoisotopic (exact) mass is 183 g/mol. The fraction of sp³-hybridized carbons (Fsp3) is 0.182. The summed E-state index contributed by atoms with van der Waals surface area (Å²) in [7, 11) is 2.03. The first kappa shape index (κ1) is 9.07. The topological polar surface area (TPSA) is 17.8 Å². The van der Waals surface area contributed by atoms with Crippen LogP contribution in [-0.2, 0) is 0 Å². The molecule has 0 aliphatic carbocycles. The lowest BCUT2D eigenvalue weighted by Crippen LogP contribution is -2.23. The van der Waals surface area contributed by atoms with Crippen molar-refractivity contribution in [2.45, 2.75) is 13.8 Å².